The second-order valence-corrected chi connectivity index (χ2v) is 10.9. The van der Waals surface area contributed by atoms with E-state index in [0.717, 1.165) is 17.0 Å². The number of hydrogen-bond donors (Lipinski definition) is 2. The molecule has 35 heavy (non-hydrogen) atoms. The van der Waals surface area contributed by atoms with Crippen LogP contribution in [0.15, 0.2) is 28.4 Å². The first-order valence-electron chi connectivity index (χ1n) is 12.8. The summed E-state index contributed by atoms with van der Waals surface area (Å²) in [5.41, 5.74) is 4.38. The Labute approximate surface area is 215 Å². The smallest absolute Gasteiger partial charge is 0.251 e. The van der Waals surface area contributed by atoms with Crippen LogP contribution in [0.4, 0.5) is 5.69 Å². The van der Waals surface area contributed by atoms with E-state index in [-0.39, 0.29) is 30.2 Å². The van der Waals surface area contributed by atoms with Gasteiger partial charge in [0, 0.05) is 51.9 Å². The molecule has 0 aromatic heterocycles. The molecule has 0 bridgehead atoms. The Hall–Kier alpha value is -2.18. The summed E-state index contributed by atoms with van der Waals surface area (Å²) in [6, 6.07) is 4.55. The number of allylic oxidation sites excluding steroid dienone is 1. The number of Topliss-reactive ketones (excluding diaryl/α,β-unsaturated/α-hetero) is 1. The largest absolute Gasteiger partial charge is 0.382 e. The fourth-order valence-electron chi connectivity index (χ4n) is 5.49. The number of halogens is 1. The number of benzene rings is 1. The van der Waals surface area contributed by atoms with Gasteiger partial charge in [-0.15, -0.1) is 0 Å². The summed E-state index contributed by atoms with van der Waals surface area (Å²) in [5.74, 6) is 0.202. The number of carbonyl (C=O) groups is 2. The minimum absolute atomic E-state index is 0.0563. The molecule has 1 amide bonds. The molecule has 1 aromatic rings. The van der Waals surface area contributed by atoms with Crippen molar-refractivity contribution in [2.75, 3.05) is 26.0 Å². The summed E-state index contributed by atoms with van der Waals surface area (Å²) in [5, 5.41) is 7.09. The standard InChI is InChI=1S/C28H41ClN4O2/c1-8-23-18(4)31-19(5)25(27(23)34)15-30-28(35)24-13-21(29)14-26(16(24)2)32-17(3)20-9-11-22(12-10-20)33(6)7/h13-14,17,20,22-23,32H,8-12,15H2,1-7H3,(H,30,35). The monoisotopic (exact) mass is 500 g/mol. The summed E-state index contributed by atoms with van der Waals surface area (Å²) in [6.07, 6.45) is 5.50. The van der Waals surface area contributed by atoms with Gasteiger partial charge in [0.15, 0.2) is 5.78 Å². The van der Waals surface area contributed by atoms with Crippen LogP contribution < -0.4 is 10.6 Å². The minimum atomic E-state index is -0.236. The van der Waals surface area contributed by atoms with Crippen molar-refractivity contribution in [1.82, 2.24) is 10.2 Å². The Bertz CT molecular complexity index is 1020. The Morgan fingerprint density at radius 3 is 2.43 bits per heavy atom. The third kappa shape index (κ3) is 6.34. The molecule has 0 spiro atoms. The lowest BCUT2D eigenvalue weighted by Crippen LogP contribution is -2.37. The van der Waals surface area contributed by atoms with Crippen molar-refractivity contribution >= 4 is 34.7 Å². The Kier molecular flexibility index (Phi) is 9.16. The van der Waals surface area contributed by atoms with Crippen LogP contribution in [0.1, 0.15) is 75.7 Å². The highest BCUT2D eigenvalue weighted by Gasteiger charge is 2.29. The van der Waals surface area contributed by atoms with Crippen LogP contribution in [0.3, 0.4) is 0 Å². The van der Waals surface area contributed by atoms with E-state index in [9.17, 15) is 9.59 Å². The zero-order chi connectivity index (χ0) is 25.9. The van der Waals surface area contributed by atoms with Crippen LogP contribution in [0, 0.1) is 18.8 Å². The van der Waals surface area contributed by atoms with Gasteiger partial charge in [-0.1, -0.05) is 18.5 Å². The lowest BCUT2D eigenvalue weighted by Gasteiger charge is -2.36. The first-order chi connectivity index (χ1) is 16.5. The van der Waals surface area contributed by atoms with Gasteiger partial charge >= 0.3 is 0 Å². The Morgan fingerprint density at radius 2 is 1.83 bits per heavy atom. The highest BCUT2D eigenvalue weighted by molar-refractivity contribution is 6.31. The van der Waals surface area contributed by atoms with Crippen LogP contribution in [0.2, 0.25) is 5.02 Å². The topological polar surface area (TPSA) is 73.8 Å². The minimum Gasteiger partial charge on any atom is -0.382 e. The van der Waals surface area contributed by atoms with E-state index < -0.39 is 0 Å². The van der Waals surface area contributed by atoms with Gasteiger partial charge in [-0.25, -0.2) is 0 Å². The molecule has 2 atom stereocenters. The molecule has 192 valence electrons. The number of nitrogens with one attached hydrogen (secondary N) is 2. The van der Waals surface area contributed by atoms with Crippen molar-refractivity contribution in [1.29, 1.82) is 0 Å². The number of rotatable bonds is 8. The molecule has 1 fully saturated rings. The van der Waals surface area contributed by atoms with E-state index >= 15 is 0 Å². The van der Waals surface area contributed by atoms with Crippen LogP contribution in [-0.2, 0) is 4.79 Å². The van der Waals surface area contributed by atoms with Gasteiger partial charge in [0.2, 0.25) is 0 Å². The molecule has 2 unspecified atom stereocenters. The van der Waals surface area contributed by atoms with E-state index in [0.29, 0.717) is 40.2 Å². The van der Waals surface area contributed by atoms with Crippen LogP contribution in [0.5, 0.6) is 0 Å². The fourth-order valence-corrected chi connectivity index (χ4v) is 5.71. The molecule has 1 heterocycles. The van der Waals surface area contributed by atoms with E-state index in [2.05, 4.69) is 41.5 Å². The average Bonchev–Trinajstić information content (AvgIpc) is 2.80. The maximum absolute atomic E-state index is 13.2. The van der Waals surface area contributed by atoms with E-state index in [1.165, 1.54) is 25.7 Å². The molecule has 1 saturated carbocycles. The Morgan fingerprint density at radius 1 is 1.17 bits per heavy atom. The molecule has 7 heteroatoms. The third-order valence-corrected chi connectivity index (χ3v) is 8.13. The number of ketones is 1. The summed E-state index contributed by atoms with van der Waals surface area (Å²) in [6.45, 7) is 10.0. The van der Waals surface area contributed by atoms with Gasteiger partial charge in [0.05, 0.1) is 5.92 Å². The second-order valence-electron chi connectivity index (χ2n) is 10.4. The number of anilines is 1. The molecule has 6 nitrogen and oxygen atoms in total. The van der Waals surface area contributed by atoms with Crippen molar-refractivity contribution in [3.8, 4) is 0 Å². The molecule has 1 aromatic carbocycles. The molecule has 3 rings (SSSR count). The summed E-state index contributed by atoms with van der Waals surface area (Å²) < 4.78 is 0. The first-order valence-corrected chi connectivity index (χ1v) is 13.2. The SMILES string of the molecule is CCC1C(=O)C(CNC(=O)c2cc(Cl)cc(NC(C)C3CCC(N(C)C)CC3)c2C)=C(C)N=C1C. The predicted molar refractivity (Wildman–Crippen MR) is 146 cm³/mol. The molecule has 0 radical (unpaired) electrons. The van der Waals surface area contributed by atoms with Gasteiger partial charge in [-0.2, -0.15) is 0 Å². The maximum atomic E-state index is 13.2. The maximum Gasteiger partial charge on any atom is 0.251 e. The van der Waals surface area contributed by atoms with Gasteiger partial charge in [-0.05, 0) is 97.5 Å². The van der Waals surface area contributed by atoms with Gasteiger partial charge in [-0.3, -0.25) is 14.6 Å². The molecule has 2 aliphatic rings. The van der Waals surface area contributed by atoms with Crippen molar-refractivity contribution < 1.29 is 9.59 Å². The molecule has 1 aliphatic carbocycles. The van der Waals surface area contributed by atoms with E-state index in [4.69, 9.17) is 11.6 Å². The van der Waals surface area contributed by atoms with Crippen molar-refractivity contribution in [2.24, 2.45) is 16.8 Å². The average molecular weight is 501 g/mol. The second kappa shape index (κ2) is 11.7. The zero-order valence-electron chi connectivity index (χ0n) is 22.3. The van der Waals surface area contributed by atoms with Crippen LogP contribution >= 0.6 is 11.6 Å². The van der Waals surface area contributed by atoms with Crippen molar-refractivity contribution in [3.63, 3.8) is 0 Å². The van der Waals surface area contributed by atoms with Crippen LogP contribution in [-0.4, -0.2) is 55.0 Å². The van der Waals surface area contributed by atoms with Crippen LogP contribution in [0.25, 0.3) is 0 Å². The predicted octanol–water partition coefficient (Wildman–Crippen LogP) is 5.64. The molecule has 2 N–H and O–H groups in total. The molecule has 1 aliphatic heterocycles. The third-order valence-electron chi connectivity index (χ3n) is 7.91. The van der Waals surface area contributed by atoms with E-state index in [1.54, 1.807) is 6.07 Å². The quantitative estimate of drug-likeness (QED) is 0.484. The number of aliphatic imine (C=N–C) groups is 1. The highest BCUT2D eigenvalue weighted by Crippen LogP contribution is 2.32. The van der Waals surface area contributed by atoms with Gasteiger partial charge in [0.25, 0.3) is 5.91 Å². The Balaban J connectivity index is 1.70. The number of hydrogen-bond acceptors (Lipinski definition) is 5. The highest BCUT2D eigenvalue weighted by atomic mass is 35.5. The van der Waals surface area contributed by atoms with Gasteiger partial charge < -0.3 is 15.5 Å². The fraction of sp³-hybridized carbons (Fsp3) is 0.607. The number of carbonyl (C=O) groups excluding carboxylic acids is 2. The number of nitrogens with zero attached hydrogens (tertiary/aromatic N) is 2. The zero-order valence-corrected chi connectivity index (χ0v) is 23.1. The van der Waals surface area contributed by atoms with Crippen molar-refractivity contribution in [3.05, 3.63) is 39.6 Å². The lowest BCUT2D eigenvalue weighted by atomic mass is 9.81. The normalized spacial score (nSPS) is 23.9. The lowest BCUT2D eigenvalue weighted by molar-refractivity contribution is -0.117. The summed E-state index contributed by atoms with van der Waals surface area (Å²) in [7, 11) is 4.32. The van der Waals surface area contributed by atoms with E-state index in [1.807, 2.05) is 33.8 Å². The molecular weight excluding hydrogens is 460 g/mol. The van der Waals surface area contributed by atoms with Crippen molar-refractivity contribution in [2.45, 2.75) is 78.8 Å². The molecular formula is C28H41ClN4O2. The van der Waals surface area contributed by atoms with Gasteiger partial charge in [0.1, 0.15) is 0 Å². The summed E-state index contributed by atoms with van der Waals surface area (Å²) in [4.78, 5) is 32.9. The molecule has 0 saturated heterocycles. The number of amides is 1. The summed E-state index contributed by atoms with van der Waals surface area (Å²) >= 11 is 6.43. The first kappa shape index (κ1) is 27.4.